The van der Waals surface area contributed by atoms with Crippen molar-refractivity contribution in [2.24, 2.45) is 5.92 Å². The van der Waals surface area contributed by atoms with E-state index in [-0.39, 0.29) is 0 Å². The maximum absolute atomic E-state index is 5.77. The number of halogens is 1. The maximum atomic E-state index is 5.77. The number of hydrogen-bond donors (Lipinski definition) is 0. The quantitative estimate of drug-likeness (QED) is 0.752. The third kappa shape index (κ3) is 1.77. The Labute approximate surface area is 101 Å². The van der Waals surface area contributed by atoms with E-state index in [4.69, 9.17) is 11.6 Å². The molecule has 16 heavy (non-hydrogen) atoms. The summed E-state index contributed by atoms with van der Waals surface area (Å²) in [7, 11) is 0. The lowest BCUT2D eigenvalue weighted by Crippen LogP contribution is -2.43. The second kappa shape index (κ2) is 4.21. The van der Waals surface area contributed by atoms with E-state index in [0.717, 1.165) is 18.3 Å². The molecule has 0 N–H and O–H groups in total. The van der Waals surface area contributed by atoms with E-state index in [9.17, 15) is 0 Å². The first kappa shape index (κ1) is 10.3. The van der Waals surface area contributed by atoms with Gasteiger partial charge in [0.2, 0.25) is 0 Å². The summed E-state index contributed by atoms with van der Waals surface area (Å²) in [6, 6.07) is 4.53. The van der Waals surface area contributed by atoms with E-state index in [1.807, 2.05) is 12.1 Å². The molecule has 2 aliphatic rings. The molecule has 0 amide bonds. The minimum absolute atomic E-state index is 0.476. The molecule has 1 saturated heterocycles. The summed E-state index contributed by atoms with van der Waals surface area (Å²) in [4.78, 5) is 2.44. The Bertz CT molecular complexity index is 365. The Morgan fingerprint density at radius 1 is 1.12 bits per heavy atom. The molecule has 2 fully saturated rings. The first-order valence-corrected chi connectivity index (χ1v) is 6.48. The number of nitrogens with zero attached hydrogens (tertiary/aromatic N) is 3. The molecule has 1 saturated carbocycles. The molecule has 3 nitrogen and oxygen atoms in total. The molecule has 2 atom stereocenters. The minimum atomic E-state index is 0.476. The highest BCUT2D eigenvalue weighted by atomic mass is 35.5. The van der Waals surface area contributed by atoms with Crippen LogP contribution in [0, 0.1) is 5.92 Å². The molecular formula is C12H16ClN3. The third-order valence-corrected chi connectivity index (χ3v) is 4.11. The van der Waals surface area contributed by atoms with Gasteiger partial charge in [0.15, 0.2) is 11.0 Å². The summed E-state index contributed by atoms with van der Waals surface area (Å²) in [5, 5.41) is 8.62. The predicted molar refractivity (Wildman–Crippen MR) is 64.8 cm³/mol. The van der Waals surface area contributed by atoms with Crippen molar-refractivity contribution in [1.29, 1.82) is 0 Å². The van der Waals surface area contributed by atoms with E-state index >= 15 is 0 Å². The highest BCUT2D eigenvalue weighted by Crippen LogP contribution is 2.38. The van der Waals surface area contributed by atoms with Gasteiger partial charge in [0.05, 0.1) is 0 Å². The second-order valence-corrected chi connectivity index (χ2v) is 5.20. The van der Waals surface area contributed by atoms with Gasteiger partial charge >= 0.3 is 0 Å². The van der Waals surface area contributed by atoms with Gasteiger partial charge in [-0.05, 0) is 43.7 Å². The standard InChI is InChI=1S/C12H16ClN3/c13-11-6-7-12(15-14-11)16-8-2-4-9-3-1-5-10(9)16/h6-7,9-10H,1-5,8H2. The van der Waals surface area contributed by atoms with Crippen molar-refractivity contribution >= 4 is 17.4 Å². The van der Waals surface area contributed by atoms with Gasteiger partial charge in [-0.15, -0.1) is 10.2 Å². The molecular weight excluding hydrogens is 222 g/mol. The minimum Gasteiger partial charge on any atom is -0.352 e. The van der Waals surface area contributed by atoms with Crippen molar-refractivity contribution in [3.8, 4) is 0 Å². The molecule has 0 spiro atoms. The van der Waals surface area contributed by atoms with Gasteiger partial charge < -0.3 is 4.90 Å². The zero-order valence-electron chi connectivity index (χ0n) is 9.27. The Morgan fingerprint density at radius 3 is 2.81 bits per heavy atom. The highest BCUT2D eigenvalue weighted by molar-refractivity contribution is 6.29. The Morgan fingerprint density at radius 2 is 2.00 bits per heavy atom. The molecule has 2 heterocycles. The van der Waals surface area contributed by atoms with Crippen molar-refractivity contribution in [2.75, 3.05) is 11.4 Å². The van der Waals surface area contributed by atoms with Crippen LogP contribution in [0.2, 0.25) is 5.15 Å². The van der Waals surface area contributed by atoms with Crippen molar-refractivity contribution < 1.29 is 0 Å². The molecule has 1 aliphatic carbocycles. The Hall–Kier alpha value is -0.830. The monoisotopic (exact) mass is 237 g/mol. The lowest BCUT2D eigenvalue weighted by molar-refractivity contribution is 0.360. The van der Waals surface area contributed by atoms with Crippen LogP contribution in [0.25, 0.3) is 0 Å². The van der Waals surface area contributed by atoms with Gasteiger partial charge in [0.25, 0.3) is 0 Å². The summed E-state index contributed by atoms with van der Waals surface area (Å²) in [6.07, 6.45) is 6.75. The first-order chi connectivity index (χ1) is 7.84. The summed E-state index contributed by atoms with van der Waals surface area (Å²) in [5.41, 5.74) is 0. The molecule has 1 aliphatic heterocycles. The first-order valence-electron chi connectivity index (χ1n) is 6.10. The van der Waals surface area contributed by atoms with Crippen LogP contribution in [0.15, 0.2) is 12.1 Å². The fourth-order valence-electron chi connectivity index (χ4n) is 3.20. The van der Waals surface area contributed by atoms with Crippen molar-refractivity contribution in [1.82, 2.24) is 10.2 Å². The molecule has 2 unspecified atom stereocenters. The second-order valence-electron chi connectivity index (χ2n) is 4.81. The SMILES string of the molecule is Clc1ccc(N2CCCC3CCCC32)nn1. The largest absolute Gasteiger partial charge is 0.352 e. The fourth-order valence-corrected chi connectivity index (χ4v) is 3.30. The summed E-state index contributed by atoms with van der Waals surface area (Å²) >= 11 is 5.77. The molecule has 86 valence electrons. The van der Waals surface area contributed by atoms with Crippen LogP contribution >= 0.6 is 11.6 Å². The Kier molecular flexibility index (Phi) is 2.72. The van der Waals surface area contributed by atoms with Gasteiger partial charge in [0.1, 0.15) is 0 Å². The van der Waals surface area contributed by atoms with Gasteiger partial charge in [-0.25, -0.2) is 0 Å². The van der Waals surface area contributed by atoms with Gasteiger partial charge in [-0.2, -0.15) is 0 Å². The third-order valence-electron chi connectivity index (χ3n) is 3.91. The number of piperidine rings is 1. The lowest BCUT2D eigenvalue weighted by Gasteiger charge is -2.38. The van der Waals surface area contributed by atoms with E-state index in [1.165, 1.54) is 32.1 Å². The number of rotatable bonds is 1. The number of hydrogen-bond acceptors (Lipinski definition) is 3. The normalized spacial score (nSPS) is 29.2. The summed E-state index contributed by atoms with van der Waals surface area (Å²) in [5.74, 6) is 1.88. The number of anilines is 1. The van der Waals surface area contributed by atoms with Crippen molar-refractivity contribution in [3.05, 3.63) is 17.3 Å². The topological polar surface area (TPSA) is 29.0 Å². The van der Waals surface area contributed by atoms with Crippen LogP contribution < -0.4 is 4.90 Å². The number of fused-ring (bicyclic) bond motifs is 1. The molecule has 1 aromatic rings. The molecule has 0 bridgehead atoms. The molecule has 0 radical (unpaired) electrons. The summed E-state index contributed by atoms with van der Waals surface area (Å²) in [6.45, 7) is 1.12. The molecule has 3 rings (SSSR count). The average Bonchev–Trinajstić information content (AvgIpc) is 2.78. The predicted octanol–water partition coefficient (Wildman–Crippen LogP) is 2.90. The zero-order chi connectivity index (χ0) is 11.0. The molecule has 4 heteroatoms. The van der Waals surface area contributed by atoms with E-state index < -0.39 is 0 Å². The van der Waals surface area contributed by atoms with Gasteiger partial charge in [-0.1, -0.05) is 18.0 Å². The van der Waals surface area contributed by atoms with Gasteiger partial charge in [0, 0.05) is 12.6 Å². The smallest absolute Gasteiger partial charge is 0.151 e. The van der Waals surface area contributed by atoms with Crippen LogP contribution in [0.3, 0.4) is 0 Å². The Balaban J connectivity index is 1.85. The van der Waals surface area contributed by atoms with Gasteiger partial charge in [-0.3, -0.25) is 0 Å². The van der Waals surface area contributed by atoms with Crippen molar-refractivity contribution in [3.63, 3.8) is 0 Å². The highest BCUT2D eigenvalue weighted by Gasteiger charge is 2.35. The van der Waals surface area contributed by atoms with Crippen LogP contribution in [0.5, 0.6) is 0 Å². The fraction of sp³-hybridized carbons (Fsp3) is 0.667. The maximum Gasteiger partial charge on any atom is 0.151 e. The van der Waals surface area contributed by atoms with Crippen molar-refractivity contribution in [2.45, 2.75) is 38.1 Å². The van der Waals surface area contributed by atoms with Crippen LogP contribution in [-0.4, -0.2) is 22.8 Å². The number of aromatic nitrogens is 2. The lowest BCUT2D eigenvalue weighted by atomic mass is 9.92. The van der Waals surface area contributed by atoms with E-state index in [0.29, 0.717) is 11.2 Å². The average molecular weight is 238 g/mol. The van der Waals surface area contributed by atoms with Crippen LogP contribution in [-0.2, 0) is 0 Å². The van der Waals surface area contributed by atoms with E-state index in [2.05, 4.69) is 15.1 Å². The van der Waals surface area contributed by atoms with Crippen LogP contribution in [0.1, 0.15) is 32.1 Å². The van der Waals surface area contributed by atoms with Crippen LogP contribution in [0.4, 0.5) is 5.82 Å². The molecule has 1 aromatic heterocycles. The zero-order valence-corrected chi connectivity index (χ0v) is 10.0. The van der Waals surface area contributed by atoms with E-state index in [1.54, 1.807) is 0 Å². The summed E-state index contributed by atoms with van der Waals surface area (Å²) < 4.78 is 0. The molecule has 0 aromatic carbocycles.